The highest BCUT2D eigenvalue weighted by Crippen LogP contribution is 2.39. The number of aldehydes is 1. The number of hydrogen-bond acceptors (Lipinski definition) is 8. The third-order valence-corrected chi connectivity index (χ3v) is 8.84. The molecule has 5 rings (SSSR count). The highest BCUT2D eigenvalue weighted by atomic mass is 19.4. The Labute approximate surface area is 252 Å². The molecule has 3 aliphatic rings. The maximum Gasteiger partial charge on any atom is 0.393 e. The smallest absolute Gasteiger partial charge is 0.367 e. The van der Waals surface area contributed by atoms with Crippen molar-refractivity contribution in [2.24, 2.45) is 11.8 Å². The number of piperazine rings is 1. The van der Waals surface area contributed by atoms with E-state index in [-0.39, 0.29) is 23.3 Å². The van der Waals surface area contributed by atoms with E-state index in [1.165, 1.54) is 24.5 Å². The number of amides is 2. The molecule has 2 fully saturated rings. The molecule has 3 aliphatic heterocycles. The van der Waals surface area contributed by atoms with E-state index in [4.69, 9.17) is 0 Å². The Morgan fingerprint density at radius 2 is 1.80 bits per heavy atom. The average Bonchev–Trinajstić information content (AvgIpc) is 3.00. The molecule has 0 bridgehead atoms. The molecule has 4 atom stereocenters. The van der Waals surface area contributed by atoms with Gasteiger partial charge in [0, 0.05) is 69.2 Å². The van der Waals surface area contributed by atoms with Crippen LogP contribution in [0.2, 0.25) is 0 Å². The lowest BCUT2D eigenvalue weighted by Gasteiger charge is -2.44. The molecular weight excluding hydrogens is 582 g/mol. The van der Waals surface area contributed by atoms with Crippen LogP contribution < -0.4 is 20.4 Å². The van der Waals surface area contributed by atoms with Crippen molar-refractivity contribution in [1.82, 2.24) is 20.2 Å². The Morgan fingerprint density at radius 3 is 2.39 bits per heavy atom. The third-order valence-electron chi connectivity index (χ3n) is 8.84. The molecule has 4 heterocycles. The summed E-state index contributed by atoms with van der Waals surface area (Å²) in [7, 11) is 1.99. The third kappa shape index (κ3) is 6.54. The van der Waals surface area contributed by atoms with E-state index in [1.807, 2.05) is 36.8 Å². The number of hydrogen-bond donors (Lipinski definition) is 2. The Morgan fingerprint density at radius 1 is 1.11 bits per heavy atom. The van der Waals surface area contributed by atoms with Crippen LogP contribution in [0, 0.1) is 17.7 Å². The highest BCUT2D eigenvalue weighted by Gasteiger charge is 2.50. The topological polar surface area (TPSA) is 111 Å². The van der Waals surface area contributed by atoms with Crippen LogP contribution in [0.5, 0.6) is 0 Å². The van der Waals surface area contributed by atoms with E-state index >= 15 is 4.39 Å². The van der Waals surface area contributed by atoms with Gasteiger partial charge in [-0.1, -0.05) is 6.08 Å². The fourth-order valence-corrected chi connectivity index (χ4v) is 6.05. The van der Waals surface area contributed by atoms with Crippen molar-refractivity contribution < 1.29 is 31.9 Å². The summed E-state index contributed by atoms with van der Waals surface area (Å²) in [5.41, 5.74) is 1.85. The van der Waals surface area contributed by atoms with Gasteiger partial charge in [0.1, 0.15) is 5.82 Å². The van der Waals surface area contributed by atoms with E-state index in [0.717, 1.165) is 0 Å². The maximum atomic E-state index is 15.8. The van der Waals surface area contributed by atoms with Gasteiger partial charge < -0.3 is 20.4 Å². The second kappa shape index (κ2) is 12.5. The van der Waals surface area contributed by atoms with Gasteiger partial charge in [0.25, 0.3) is 0 Å². The number of likely N-dealkylation sites (N-methyl/N-ethyl adjacent to an activating group) is 1. The van der Waals surface area contributed by atoms with Crippen LogP contribution >= 0.6 is 0 Å². The molecule has 0 saturated carbocycles. The number of rotatable bonds is 6. The second-order valence-electron chi connectivity index (χ2n) is 11.7. The predicted octanol–water partition coefficient (Wildman–Crippen LogP) is 3.50. The van der Waals surface area contributed by atoms with Crippen LogP contribution in [0.25, 0.3) is 5.57 Å². The number of benzene rings is 1. The second-order valence-corrected chi connectivity index (χ2v) is 11.7. The fourth-order valence-electron chi connectivity index (χ4n) is 6.05. The molecule has 0 spiro atoms. The van der Waals surface area contributed by atoms with Gasteiger partial charge in [0.05, 0.1) is 28.8 Å². The first-order valence-electron chi connectivity index (χ1n) is 14.5. The lowest BCUT2D eigenvalue weighted by Crippen LogP contribution is -2.55. The molecular formula is C30H35F4N7O3. The summed E-state index contributed by atoms with van der Waals surface area (Å²) >= 11 is 0. The SMILES string of the molecule is C[C@@H]1CN(c2cc(F)c(C3=CCN(c4ncc(C=O)cn4)CC3)cc2NC(=O)C2CNC(=O)CC2C(F)(F)F)C[C@H](C)N1C. The zero-order chi connectivity index (χ0) is 31.8. The van der Waals surface area contributed by atoms with Crippen LogP contribution in [0.15, 0.2) is 30.6 Å². The summed E-state index contributed by atoms with van der Waals surface area (Å²) in [5, 5.41) is 5.06. The lowest BCUT2D eigenvalue weighted by molar-refractivity contribution is -0.197. The Balaban J connectivity index is 1.46. The minimum Gasteiger partial charge on any atom is -0.367 e. The van der Waals surface area contributed by atoms with E-state index in [1.54, 1.807) is 0 Å². The van der Waals surface area contributed by atoms with E-state index in [2.05, 4.69) is 25.5 Å². The molecule has 0 radical (unpaired) electrons. The number of aromatic nitrogens is 2. The van der Waals surface area contributed by atoms with Crippen molar-refractivity contribution in [2.45, 2.75) is 44.9 Å². The molecule has 236 valence electrons. The van der Waals surface area contributed by atoms with Crippen LogP contribution in [0.1, 0.15) is 42.6 Å². The normalized spacial score (nSPS) is 24.9. The van der Waals surface area contributed by atoms with Crippen molar-refractivity contribution in [3.8, 4) is 0 Å². The predicted molar refractivity (Wildman–Crippen MR) is 157 cm³/mol. The first-order chi connectivity index (χ1) is 20.8. The number of carbonyl (C=O) groups excluding carboxylic acids is 3. The highest BCUT2D eigenvalue weighted by molar-refractivity contribution is 5.98. The van der Waals surface area contributed by atoms with Gasteiger partial charge in [0.15, 0.2) is 6.29 Å². The summed E-state index contributed by atoms with van der Waals surface area (Å²) in [6.07, 6.45) is 0.150. The molecule has 10 nitrogen and oxygen atoms in total. The summed E-state index contributed by atoms with van der Waals surface area (Å²) < 4.78 is 57.4. The summed E-state index contributed by atoms with van der Waals surface area (Å²) in [6.45, 7) is 5.47. The van der Waals surface area contributed by atoms with Crippen LogP contribution in [0.4, 0.5) is 34.9 Å². The maximum absolute atomic E-state index is 15.8. The molecule has 2 amide bonds. The number of anilines is 3. The summed E-state index contributed by atoms with van der Waals surface area (Å²) in [5.74, 6) is -5.40. The van der Waals surface area contributed by atoms with Crippen molar-refractivity contribution in [3.05, 3.63) is 47.5 Å². The zero-order valence-corrected chi connectivity index (χ0v) is 24.7. The molecule has 44 heavy (non-hydrogen) atoms. The number of carbonyl (C=O) groups is 3. The summed E-state index contributed by atoms with van der Waals surface area (Å²) in [6, 6.07) is 3.04. The summed E-state index contributed by atoms with van der Waals surface area (Å²) in [4.78, 5) is 50.5. The van der Waals surface area contributed by atoms with Crippen molar-refractivity contribution in [1.29, 1.82) is 0 Å². The van der Waals surface area contributed by atoms with Gasteiger partial charge in [-0.3, -0.25) is 19.3 Å². The van der Waals surface area contributed by atoms with Gasteiger partial charge in [-0.25, -0.2) is 14.4 Å². The van der Waals surface area contributed by atoms with Gasteiger partial charge in [0.2, 0.25) is 17.8 Å². The standard InChI is InChI=1S/C30H35F4N7O3/c1-17-14-41(15-18(2)39(17)3)26-10-24(31)21(20-4-6-40(7-5-20)29-36-11-19(16-42)12-37-29)8-25(26)38-28(44)22-13-35-27(43)9-23(22)30(32,33)34/h4,8,10-12,16-18,22-23H,5-7,9,13-15H2,1-3H3,(H,35,43)(H,38,44)/t17-,18+,22?,23?. The van der Waals surface area contributed by atoms with Gasteiger partial charge in [-0.2, -0.15) is 13.2 Å². The number of alkyl halides is 3. The van der Waals surface area contributed by atoms with E-state index < -0.39 is 48.6 Å². The first kappa shape index (κ1) is 31.4. The monoisotopic (exact) mass is 617 g/mol. The largest absolute Gasteiger partial charge is 0.393 e. The molecule has 2 aromatic rings. The molecule has 2 saturated heterocycles. The molecule has 14 heteroatoms. The lowest BCUT2D eigenvalue weighted by atomic mass is 9.84. The van der Waals surface area contributed by atoms with Crippen LogP contribution in [-0.2, 0) is 9.59 Å². The van der Waals surface area contributed by atoms with Gasteiger partial charge in [-0.15, -0.1) is 0 Å². The van der Waals surface area contributed by atoms with Crippen molar-refractivity contribution >= 4 is 41.0 Å². The fraction of sp³-hybridized carbons (Fsp3) is 0.500. The van der Waals surface area contributed by atoms with Gasteiger partial charge >= 0.3 is 6.18 Å². The number of piperidine rings is 1. The van der Waals surface area contributed by atoms with E-state index in [0.29, 0.717) is 61.7 Å². The molecule has 2 unspecified atom stereocenters. The average molecular weight is 618 g/mol. The molecule has 2 N–H and O–H groups in total. The van der Waals surface area contributed by atoms with Crippen LogP contribution in [-0.4, -0.2) is 91.0 Å². The first-order valence-corrected chi connectivity index (χ1v) is 14.5. The Hall–Kier alpha value is -4.07. The Kier molecular flexibility index (Phi) is 8.91. The minimum atomic E-state index is -4.74. The molecule has 1 aromatic heterocycles. The van der Waals surface area contributed by atoms with Crippen molar-refractivity contribution in [2.75, 3.05) is 54.9 Å². The van der Waals surface area contributed by atoms with Crippen LogP contribution in [0.3, 0.4) is 0 Å². The number of nitrogens with zero attached hydrogens (tertiary/aromatic N) is 5. The van der Waals surface area contributed by atoms with Gasteiger partial charge in [-0.05, 0) is 45.0 Å². The Bertz CT molecular complexity index is 1440. The molecule has 0 aliphatic carbocycles. The quantitative estimate of drug-likeness (QED) is 0.375. The minimum absolute atomic E-state index is 0.100. The number of halogens is 4. The molecule has 1 aromatic carbocycles. The van der Waals surface area contributed by atoms with E-state index in [9.17, 15) is 27.6 Å². The van der Waals surface area contributed by atoms with Crippen molar-refractivity contribution in [3.63, 3.8) is 0 Å². The number of nitrogens with one attached hydrogen (secondary N) is 2. The zero-order valence-electron chi connectivity index (χ0n) is 24.7.